The summed E-state index contributed by atoms with van der Waals surface area (Å²) in [5.74, 6) is 1.33. The van der Waals surface area contributed by atoms with Gasteiger partial charge in [-0.15, -0.1) is 0 Å². The highest BCUT2D eigenvalue weighted by molar-refractivity contribution is 5.45. The average Bonchev–Trinajstić information content (AvgIpc) is 2.96. The van der Waals surface area contributed by atoms with Crippen molar-refractivity contribution in [2.24, 2.45) is 0 Å². The molecule has 3 aromatic rings. The first kappa shape index (κ1) is 13.5. The van der Waals surface area contributed by atoms with Gasteiger partial charge in [0.1, 0.15) is 12.1 Å². The van der Waals surface area contributed by atoms with Crippen molar-refractivity contribution in [2.75, 3.05) is 11.9 Å². The van der Waals surface area contributed by atoms with Crippen molar-refractivity contribution in [3.05, 3.63) is 54.0 Å². The van der Waals surface area contributed by atoms with Gasteiger partial charge < -0.3 is 10.4 Å². The largest absolute Gasteiger partial charge is 0.394 e. The lowest BCUT2D eigenvalue weighted by Gasteiger charge is -2.18. The van der Waals surface area contributed by atoms with E-state index < -0.39 is 0 Å². The lowest BCUT2D eigenvalue weighted by molar-refractivity contribution is 0.273. The summed E-state index contributed by atoms with van der Waals surface area (Å²) < 4.78 is 1.64. The topological polar surface area (TPSA) is 75.3 Å². The Hall–Kier alpha value is -2.47. The molecule has 0 radical (unpaired) electrons. The summed E-state index contributed by atoms with van der Waals surface area (Å²) in [6.07, 6.45) is 2.20. The third-order valence-electron chi connectivity index (χ3n) is 3.28. The van der Waals surface area contributed by atoms with Gasteiger partial charge in [-0.05, 0) is 18.9 Å². The summed E-state index contributed by atoms with van der Waals surface area (Å²) in [4.78, 5) is 8.40. The molecule has 0 bridgehead atoms. The summed E-state index contributed by atoms with van der Waals surface area (Å²) in [7, 11) is 0. The number of nitrogens with zero attached hydrogens (tertiary/aromatic N) is 4. The van der Waals surface area contributed by atoms with Crippen molar-refractivity contribution < 1.29 is 5.11 Å². The Balaban J connectivity index is 1.84. The lowest BCUT2D eigenvalue weighted by atomic mass is 10.1. The van der Waals surface area contributed by atoms with Gasteiger partial charge in [0.2, 0.25) is 0 Å². The van der Waals surface area contributed by atoms with E-state index >= 15 is 0 Å². The Bertz CT molecular complexity index is 725. The monoisotopic (exact) mass is 283 g/mol. The molecule has 6 nitrogen and oxygen atoms in total. The molecule has 0 aliphatic rings. The number of benzene rings is 1. The quantitative estimate of drug-likeness (QED) is 0.741. The van der Waals surface area contributed by atoms with E-state index in [1.54, 1.807) is 4.52 Å². The SMILES string of the molecule is Cc1cc(NC(CO)Cc2ccccc2)n2ncnc2n1. The van der Waals surface area contributed by atoms with Gasteiger partial charge in [0, 0.05) is 11.8 Å². The maximum atomic E-state index is 9.62. The highest BCUT2D eigenvalue weighted by atomic mass is 16.3. The number of aromatic nitrogens is 4. The molecule has 0 amide bonds. The number of hydrogen-bond acceptors (Lipinski definition) is 5. The van der Waals surface area contributed by atoms with Crippen LogP contribution in [0.25, 0.3) is 5.78 Å². The van der Waals surface area contributed by atoms with E-state index in [4.69, 9.17) is 0 Å². The van der Waals surface area contributed by atoms with Gasteiger partial charge in [0.05, 0.1) is 12.6 Å². The predicted molar refractivity (Wildman–Crippen MR) is 80.2 cm³/mol. The van der Waals surface area contributed by atoms with Crippen LogP contribution in [0.1, 0.15) is 11.3 Å². The van der Waals surface area contributed by atoms with E-state index in [1.165, 1.54) is 11.9 Å². The molecule has 1 aromatic carbocycles. The fourth-order valence-corrected chi connectivity index (χ4v) is 2.30. The van der Waals surface area contributed by atoms with Crippen LogP contribution >= 0.6 is 0 Å². The second-order valence-corrected chi connectivity index (χ2v) is 4.97. The van der Waals surface area contributed by atoms with Crippen LogP contribution < -0.4 is 5.32 Å². The van der Waals surface area contributed by atoms with Gasteiger partial charge >= 0.3 is 0 Å². The van der Waals surface area contributed by atoms with Crippen molar-refractivity contribution in [2.45, 2.75) is 19.4 Å². The molecule has 2 aromatic heterocycles. The third kappa shape index (κ3) is 3.00. The number of rotatable bonds is 5. The molecule has 2 heterocycles. The number of aryl methyl sites for hydroxylation is 1. The Kier molecular flexibility index (Phi) is 3.79. The average molecular weight is 283 g/mol. The molecular weight excluding hydrogens is 266 g/mol. The minimum Gasteiger partial charge on any atom is -0.394 e. The second-order valence-electron chi connectivity index (χ2n) is 4.97. The van der Waals surface area contributed by atoms with Crippen LogP contribution in [0.4, 0.5) is 5.82 Å². The van der Waals surface area contributed by atoms with Crippen LogP contribution in [0.2, 0.25) is 0 Å². The molecular formula is C15H17N5O. The molecule has 0 saturated heterocycles. The van der Waals surface area contributed by atoms with Crippen LogP contribution in [-0.2, 0) is 6.42 Å². The van der Waals surface area contributed by atoms with Crippen molar-refractivity contribution in [3.63, 3.8) is 0 Å². The smallest absolute Gasteiger partial charge is 0.254 e. The number of aliphatic hydroxyl groups is 1. The molecule has 2 N–H and O–H groups in total. The Morgan fingerprint density at radius 1 is 1.29 bits per heavy atom. The van der Waals surface area contributed by atoms with E-state index in [2.05, 4.69) is 20.4 Å². The highest BCUT2D eigenvalue weighted by Gasteiger charge is 2.12. The number of anilines is 1. The van der Waals surface area contributed by atoms with Gasteiger partial charge in [0.15, 0.2) is 0 Å². The molecule has 0 fully saturated rings. The third-order valence-corrected chi connectivity index (χ3v) is 3.28. The minimum atomic E-state index is -0.0957. The van der Waals surface area contributed by atoms with E-state index in [0.29, 0.717) is 5.78 Å². The van der Waals surface area contributed by atoms with Crippen molar-refractivity contribution >= 4 is 11.6 Å². The van der Waals surface area contributed by atoms with Crippen LogP contribution in [0, 0.1) is 6.92 Å². The molecule has 3 rings (SSSR count). The normalized spacial score (nSPS) is 12.5. The van der Waals surface area contributed by atoms with Crippen LogP contribution in [0.15, 0.2) is 42.7 Å². The van der Waals surface area contributed by atoms with Crippen molar-refractivity contribution in [1.29, 1.82) is 0 Å². The van der Waals surface area contributed by atoms with Gasteiger partial charge in [-0.3, -0.25) is 0 Å². The van der Waals surface area contributed by atoms with E-state index in [1.807, 2.05) is 43.3 Å². The standard InChI is InChI=1S/C15H17N5O/c1-11-7-14(20-15(18-11)16-10-17-20)19-13(9-21)8-12-5-3-2-4-6-12/h2-7,10,13,19,21H,8-9H2,1H3. The Morgan fingerprint density at radius 2 is 2.10 bits per heavy atom. The molecule has 0 saturated carbocycles. The lowest BCUT2D eigenvalue weighted by Crippen LogP contribution is -2.27. The molecule has 0 spiro atoms. The second kappa shape index (κ2) is 5.88. The molecule has 6 heteroatoms. The molecule has 21 heavy (non-hydrogen) atoms. The van der Waals surface area contributed by atoms with Gasteiger partial charge in [0.25, 0.3) is 5.78 Å². The van der Waals surface area contributed by atoms with Crippen LogP contribution in [-0.4, -0.2) is 37.3 Å². The zero-order valence-corrected chi connectivity index (χ0v) is 11.8. The van der Waals surface area contributed by atoms with Gasteiger partial charge in [-0.1, -0.05) is 30.3 Å². The zero-order chi connectivity index (χ0) is 14.7. The summed E-state index contributed by atoms with van der Waals surface area (Å²) in [6, 6.07) is 11.9. The van der Waals surface area contributed by atoms with Crippen LogP contribution in [0.5, 0.6) is 0 Å². The minimum absolute atomic E-state index is 0.0342. The fourth-order valence-electron chi connectivity index (χ4n) is 2.30. The molecule has 0 aliphatic heterocycles. The fraction of sp³-hybridized carbons (Fsp3) is 0.267. The van der Waals surface area contributed by atoms with E-state index in [0.717, 1.165) is 17.9 Å². The molecule has 0 aliphatic carbocycles. The first-order valence-corrected chi connectivity index (χ1v) is 6.85. The Labute approximate surface area is 122 Å². The number of fused-ring (bicyclic) bond motifs is 1. The van der Waals surface area contributed by atoms with E-state index in [9.17, 15) is 5.11 Å². The van der Waals surface area contributed by atoms with E-state index in [-0.39, 0.29) is 12.6 Å². The van der Waals surface area contributed by atoms with Gasteiger partial charge in [-0.2, -0.15) is 14.6 Å². The summed E-state index contributed by atoms with van der Waals surface area (Å²) in [6.45, 7) is 1.94. The zero-order valence-electron chi connectivity index (χ0n) is 11.8. The number of aliphatic hydroxyl groups excluding tert-OH is 1. The Morgan fingerprint density at radius 3 is 2.86 bits per heavy atom. The summed E-state index contributed by atoms with van der Waals surface area (Å²) in [5.41, 5.74) is 2.03. The molecule has 1 atom stereocenters. The summed E-state index contributed by atoms with van der Waals surface area (Å²) >= 11 is 0. The van der Waals surface area contributed by atoms with Crippen LogP contribution in [0.3, 0.4) is 0 Å². The first-order valence-electron chi connectivity index (χ1n) is 6.85. The summed E-state index contributed by atoms with van der Waals surface area (Å²) in [5, 5.41) is 17.1. The van der Waals surface area contributed by atoms with Crippen molar-refractivity contribution in [3.8, 4) is 0 Å². The van der Waals surface area contributed by atoms with Gasteiger partial charge in [-0.25, -0.2) is 4.98 Å². The number of nitrogens with one attached hydrogen (secondary N) is 1. The predicted octanol–water partition coefficient (Wildman–Crippen LogP) is 1.45. The highest BCUT2D eigenvalue weighted by Crippen LogP contribution is 2.13. The molecule has 108 valence electrons. The molecule has 1 unspecified atom stereocenters. The van der Waals surface area contributed by atoms with Crippen molar-refractivity contribution in [1.82, 2.24) is 19.6 Å². The maximum absolute atomic E-state index is 9.62. The maximum Gasteiger partial charge on any atom is 0.254 e. The first-order chi connectivity index (χ1) is 10.3. The number of hydrogen-bond donors (Lipinski definition) is 2.